The van der Waals surface area contributed by atoms with E-state index in [-0.39, 0.29) is 11.4 Å². The summed E-state index contributed by atoms with van der Waals surface area (Å²) in [5.41, 5.74) is -0.0640. The van der Waals surface area contributed by atoms with Gasteiger partial charge in [-0.25, -0.2) is 0 Å². The van der Waals surface area contributed by atoms with Crippen LogP contribution in [0.5, 0.6) is 0 Å². The minimum absolute atomic E-state index is 0.0640. The minimum Gasteiger partial charge on any atom is -0.333 e. The predicted molar refractivity (Wildman–Crippen MR) is 62.6 cm³/mol. The Hall–Kier alpha value is -0.310. The lowest BCUT2D eigenvalue weighted by atomic mass is 9.85. The molecule has 1 saturated heterocycles. The maximum absolute atomic E-state index is 11.3. The van der Waals surface area contributed by atoms with E-state index in [4.69, 9.17) is 0 Å². The number of rotatable bonds is 6. The predicted octanol–water partition coefficient (Wildman–Crippen LogP) is 2.73. The average Bonchev–Trinajstić information content (AvgIpc) is 2.17. The molecule has 1 atom stereocenters. The van der Waals surface area contributed by atoms with E-state index in [1.54, 1.807) is 0 Å². The van der Waals surface area contributed by atoms with Crippen molar-refractivity contribution >= 4 is 21.8 Å². The third kappa shape index (κ3) is 2.38. The summed E-state index contributed by atoms with van der Waals surface area (Å²) in [5, 5.41) is 1.06. The molecule has 0 aromatic rings. The van der Waals surface area contributed by atoms with Gasteiger partial charge in [0.1, 0.15) is 0 Å². The number of carbonyl (C=O) groups excluding carboxylic acids is 1. The molecular weight excluding hydrogens is 242 g/mol. The van der Waals surface area contributed by atoms with Crippen LogP contribution in [0.15, 0.2) is 12.7 Å². The lowest BCUT2D eigenvalue weighted by molar-refractivity contribution is -0.150. The van der Waals surface area contributed by atoms with Crippen LogP contribution in [0.1, 0.15) is 32.6 Å². The van der Waals surface area contributed by atoms with Crippen molar-refractivity contribution in [2.24, 2.45) is 0 Å². The van der Waals surface area contributed by atoms with E-state index in [9.17, 15) is 4.79 Å². The van der Waals surface area contributed by atoms with Crippen LogP contribution in [-0.2, 0) is 4.79 Å². The molecule has 0 aromatic carbocycles. The molecule has 1 unspecified atom stereocenters. The smallest absolute Gasteiger partial charge is 0.225 e. The molecule has 1 rings (SSSR count). The normalized spacial score (nSPS) is 26.1. The number of likely N-dealkylation sites (tertiary alicyclic amines) is 1. The van der Waals surface area contributed by atoms with E-state index < -0.39 is 0 Å². The van der Waals surface area contributed by atoms with Gasteiger partial charge in [-0.3, -0.25) is 4.79 Å². The number of carbonyl (C=O) groups is 1. The van der Waals surface area contributed by atoms with Gasteiger partial charge in [-0.2, -0.15) is 0 Å². The molecule has 0 aromatic heterocycles. The molecule has 0 aliphatic carbocycles. The second-order valence-electron chi connectivity index (χ2n) is 4.03. The van der Waals surface area contributed by atoms with Crippen molar-refractivity contribution in [3.8, 4) is 0 Å². The third-order valence-electron chi connectivity index (χ3n) is 2.88. The summed E-state index contributed by atoms with van der Waals surface area (Å²) < 4.78 is 0. The Morgan fingerprint density at radius 1 is 1.57 bits per heavy atom. The van der Waals surface area contributed by atoms with Crippen LogP contribution in [0.25, 0.3) is 0 Å². The fraction of sp³-hybridized carbons (Fsp3) is 0.727. The van der Waals surface area contributed by atoms with Gasteiger partial charge in [0.05, 0.1) is 12.0 Å². The van der Waals surface area contributed by atoms with Crippen LogP contribution in [0.2, 0.25) is 0 Å². The van der Waals surface area contributed by atoms with Gasteiger partial charge in [-0.05, 0) is 19.8 Å². The molecule has 0 N–H and O–H groups in total. The quantitative estimate of drug-likeness (QED) is 0.311. The summed E-state index contributed by atoms with van der Waals surface area (Å²) in [7, 11) is 0. The molecule has 0 saturated carbocycles. The van der Waals surface area contributed by atoms with Crippen LogP contribution in [0.4, 0.5) is 0 Å². The number of halogens is 1. The second kappa shape index (κ2) is 4.96. The van der Waals surface area contributed by atoms with Crippen LogP contribution in [0, 0.1) is 0 Å². The summed E-state index contributed by atoms with van der Waals surface area (Å²) in [6.45, 7) is 6.74. The Labute approximate surface area is 94.5 Å². The fourth-order valence-electron chi connectivity index (χ4n) is 1.79. The summed E-state index contributed by atoms with van der Waals surface area (Å²) in [6, 6.07) is 0. The first-order valence-electron chi connectivity index (χ1n) is 5.14. The molecule has 0 radical (unpaired) electrons. The molecular formula is C11H18BrNO. The Kier molecular flexibility index (Phi) is 4.17. The molecule has 1 fully saturated rings. The van der Waals surface area contributed by atoms with Crippen LogP contribution in [0.3, 0.4) is 0 Å². The van der Waals surface area contributed by atoms with Gasteiger partial charge < -0.3 is 4.90 Å². The van der Waals surface area contributed by atoms with Crippen molar-refractivity contribution in [3.05, 3.63) is 12.7 Å². The van der Waals surface area contributed by atoms with Gasteiger partial charge in [0.25, 0.3) is 0 Å². The van der Waals surface area contributed by atoms with Crippen LogP contribution >= 0.6 is 15.9 Å². The molecule has 14 heavy (non-hydrogen) atoms. The van der Waals surface area contributed by atoms with Gasteiger partial charge in [0.15, 0.2) is 0 Å². The van der Waals surface area contributed by atoms with Crippen LogP contribution in [-0.4, -0.2) is 28.2 Å². The zero-order chi connectivity index (χ0) is 10.6. The highest BCUT2D eigenvalue weighted by molar-refractivity contribution is 9.09. The molecule has 1 heterocycles. The second-order valence-corrected chi connectivity index (χ2v) is 4.83. The number of alkyl halides is 1. The number of unbranched alkanes of at least 4 members (excludes halogenated alkanes) is 2. The molecule has 0 spiro atoms. The first kappa shape index (κ1) is 11.8. The standard InChI is InChI=1S/C11H18BrNO/c1-3-11(2)9-10(14)13(11)8-6-4-5-7-12/h3H,1,4-9H2,2H3. The molecule has 0 bridgehead atoms. The largest absolute Gasteiger partial charge is 0.333 e. The monoisotopic (exact) mass is 259 g/mol. The highest BCUT2D eigenvalue weighted by Crippen LogP contribution is 2.32. The minimum atomic E-state index is -0.0640. The summed E-state index contributed by atoms with van der Waals surface area (Å²) in [6.07, 6.45) is 5.99. The number of hydrogen-bond donors (Lipinski definition) is 0. The molecule has 1 aliphatic rings. The van der Waals surface area contributed by atoms with E-state index in [0.717, 1.165) is 18.3 Å². The maximum atomic E-state index is 11.3. The maximum Gasteiger partial charge on any atom is 0.225 e. The van der Waals surface area contributed by atoms with Crippen molar-refractivity contribution in [2.75, 3.05) is 11.9 Å². The van der Waals surface area contributed by atoms with Gasteiger partial charge in [0, 0.05) is 11.9 Å². The first-order chi connectivity index (χ1) is 6.64. The lowest BCUT2D eigenvalue weighted by Gasteiger charge is -2.48. The number of amides is 1. The molecule has 2 nitrogen and oxygen atoms in total. The van der Waals surface area contributed by atoms with Gasteiger partial charge in [0.2, 0.25) is 5.91 Å². The Bertz CT molecular complexity index is 229. The molecule has 80 valence electrons. The van der Waals surface area contributed by atoms with Gasteiger partial charge in [-0.15, -0.1) is 6.58 Å². The summed E-state index contributed by atoms with van der Waals surface area (Å²) in [4.78, 5) is 13.3. The van der Waals surface area contributed by atoms with Crippen LogP contribution < -0.4 is 0 Å². The average molecular weight is 260 g/mol. The lowest BCUT2D eigenvalue weighted by Crippen LogP contribution is -2.60. The Balaban J connectivity index is 2.29. The summed E-state index contributed by atoms with van der Waals surface area (Å²) in [5.74, 6) is 0.270. The fourth-order valence-corrected chi connectivity index (χ4v) is 2.19. The zero-order valence-electron chi connectivity index (χ0n) is 8.76. The van der Waals surface area contributed by atoms with Crippen molar-refractivity contribution in [3.63, 3.8) is 0 Å². The van der Waals surface area contributed by atoms with E-state index in [0.29, 0.717) is 6.42 Å². The molecule has 1 aliphatic heterocycles. The Morgan fingerprint density at radius 3 is 2.79 bits per heavy atom. The topological polar surface area (TPSA) is 20.3 Å². The molecule has 3 heteroatoms. The van der Waals surface area contributed by atoms with Crippen molar-refractivity contribution in [1.29, 1.82) is 0 Å². The van der Waals surface area contributed by atoms with Gasteiger partial charge >= 0.3 is 0 Å². The highest BCUT2D eigenvalue weighted by atomic mass is 79.9. The van der Waals surface area contributed by atoms with E-state index >= 15 is 0 Å². The number of hydrogen-bond acceptors (Lipinski definition) is 1. The highest BCUT2D eigenvalue weighted by Gasteiger charge is 2.43. The van der Waals surface area contributed by atoms with Crippen molar-refractivity contribution < 1.29 is 4.79 Å². The van der Waals surface area contributed by atoms with E-state index in [1.807, 2.05) is 11.0 Å². The molecule has 1 amide bonds. The van der Waals surface area contributed by atoms with E-state index in [1.165, 1.54) is 12.8 Å². The number of nitrogens with zero attached hydrogens (tertiary/aromatic N) is 1. The first-order valence-corrected chi connectivity index (χ1v) is 6.26. The van der Waals surface area contributed by atoms with Gasteiger partial charge in [-0.1, -0.05) is 28.4 Å². The van der Waals surface area contributed by atoms with Crippen molar-refractivity contribution in [1.82, 2.24) is 4.90 Å². The number of β-lactam (4-membered cyclic amide) rings is 1. The zero-order valence-corrected chi connectivity index (χ0v) is 10.3. The Morgan fingerprint density at radius 2 is 2.29 bits per heavy atom. The SMILES string of the molecule is C=CC1(C)CC(=O)N1CCCCCBr. The third-order valence-corrected chi connectivity index (χ3v) is 3.44. The van der Waals surface area contributed by atoms with E-state index in [2.05, 4.69) is 29.4 Å². The summed E-state index contributed by atoms with van der Waals surface area (Å²) >= 11 is 3.40. The van der Waals surface area contributed by atoms with Crippen molar-refractivity contribution in [2.45, 2.75) is 38.1 Å².